The fourth-order valence-corrected chi connectivity index (χ4v) is 19.0. The van der Waals surface area contributed by atoms with Gasteiger partial charge in [0.1, 0.15) is 23.0 Å². The number of aromatic nitrogens is 2. The monoisotopic (exact) mass is 1460 g/mol. The number of anilines is 6. The Morgan fingerprint density at radius 3 is 1.02 bits per heavy atom. The van der Waals surface area contributed by atoms with Crippen molar-refractivity contribution in [2.45, 2.75) is 52.4 Å². The lowest BCUT2D eigenvalue weighted by molar-refractivity contribution is 0.490. The van der Waals surface area contributed by atoms with Gasteiger partial charge in [0.2, 0.25) is 0 Å². The van der Waals surface area contributed by atoms with Crippen LogP contribution in [0.3, 0.4) is 0 Å². The third kappa shape index (κ3) is 9.05. The fourth-order valence-electron chi connectivity index (χ4n) is 19.0. The highest BCUT2D eigenvalue weighted by molar-refractivity contribution is 7.05. The minimum Gasteiger partial charge on any atom is -0.459 e. The molecule has 16 aromatic carbocycles. The number of rotatable bonds is 7. The molecule has 0 bridgehead atoms. The smallest absolute Gasteiger partial charge is 0.261 e. The van der Waals surface area contributed by atoms with E-state index in [0.29, 0.717) is 56.0 Å². The third-order valence-corrected chi connectivity index (χ3v) is 23.9. The second-order valence-electron chi connectivity index (χ2n) is 32.0. The Morgan fingerprint density at radius 2 is 0.619 bits per heavy atom. The summed E-state index contributed by atoms with van der Waals surface area (Å²) >= 11 is 0. The normalized spacial score (nSPS) is 16.4. The predicted octanol–water partition coefficient (Wildman–Crippen LogP) is 20.8. The highest BCUT2D eigenvalue weighted by atomic mass is 16.5. The van der Waals surface area contributed by atoms with Gasteiger partial charge in [0, 0.05) is 89.0 Å². The molecule has 0 spiro atoms. The van der Waals surface area contributed by atoms with E-state index in [-0.39, 0.29) is 122 Å². The van der Waals surface area contributed by atoms with Crippen LogP contribution in [0.25, 0.3) is 111 Å². The van der Waals surface area contributed by atoms with Crippen molar-refractivity contribution in [3.05, 3.63) is 344 Å². The summed E-state index contributed by atoms with van der Waals surface area (Å²) in [4.78, 5) is 4.34. The van der Waals surface area contributed by atoms with E-state index in [4.69, 9.17) is 9.47 Å². The highest BCUT2D eigenvalue weighted by Gasteiger charge is 2.55. The average Bonchev–Trinajstić information content (AvgIpc) is 1.65. The van der Waals surface area contributed by atoms with Crippen LogP contribution in [0.1, 0.15) is 82.8 Å². The maximum absolute atomic E-state index is 10.6. The minimum atomic E-state index is -1.60. The molecule has 0 aliphatic carbocycles. The predicted molar refractivity (Wildman–Crippen MR) is 476 cm³/mol. The Kier molecular flexibility index (Phi) is 9.63. The lowest BCUT2D eigenvalue weighted by atomic mass is 9.28. The lowest BCUT2D eigenvalue weighted by Crippen LogP contribution is -2.67. The van der Waals surface area contributed by atoms with Crippen LogP contribution >= 0.6 is 0 Å². The molecule has 113 heavy (non-hydrogen) atoms. The zero-order valence-corrected chi connectivity index (χ0v) is 61.9. The summed E-state index contributed by atoms with van der Waals surface area (Å²) in [6, 6.07) is 52.5. The molecule has 8 heterocycles. The molecule has 6 aliphatic heterocycles. The number of nitrogens with zero attached hydrogens (tertiary/aromatic N) is 4. The van der Waals surface area contributed by atoms with Gasteiger partial charge in [0.15, 0.2) is 0 Å². The summed E-state index contributed by atoms with van der Waals surface area (Å²) < 4.78 is 240. The van der Waals surface area contributed by atoms with E-state index in [9.17, 15) is 30.2 Å². The number of fused-ring (bicyclic) bond motifs is 20. The summed E-state index contributed by atoms with van der Waals surface area (Å²) in [5.41, 5.74) is 11.0. The van der Waals surface area contributed by atoms with Crippen molar-refractivity contribution < 1.29 is 39.6 Å². The first-order valence-corrected chi connectivity index (χ1v) is 38.0. The van der Waals surface area contributed by atoms with E-state index in [2.05, 4.69) is 81.7 Å². The van der Waals surface area contributed by atoms with Crippen LogP contribution in [-0.2, 0) is 10.8 Å². The van der Waals surface area contributed by atoms with Crippen LogP contribution in [0.5, 0.6) is 23.0 Å². The van der Waals surface area contributed by atoms with E-state index >= 15 is 0 Å². The summed E-state index contributed by atoms with van der Waals surface area (Å²) in [7, 11) is 0. The van der Waals surface area contributed by atoms with Gasteiger partial charge >= 0.3 is 0 Å². The van der Waals surface area contributed by atoms with Crippen molar-refractivity contribution in [1.82, 2.24) is 9.13 Å². The molecule has 2 aromatic heterocycles. The van der Waals surface area contributed by atoms with Crippen LogP contribution < -0.4 is 68.4 Å². The van der Waals surface area contributed by atoms with E-state index in [1.165, 1.54) is 0 Å². The summed E-state index contributed by atoms with van der Waals surface area (Å²) in [6.45, 7) is 8.31. The van der Waals surface area contributed by atoms with Crippen LogP contribution in [0.4, 0.5) is 34.1 Å². The van der Waals surface area contributed by atoms with Gasteiger partial charge < -0.3 is 28.4 Å². The maximum atomic E-state index is 10.6. The summed E-state index contributed by atoms with van der Waals surface area (Å²) in [5.74, 6) is -1.03. The summed E-state index contributed by atoms with van der Waals surface area (Å²) in [5, 5.41) is -0.595. The summed E-state index contributed by atoms with van der Waals surface area (Å²) in [6.07, 6.45) is 0. The first-order chi connectivity index (χ1) is 64.5. The lowest BCUT2D eigenvalue weighted by Gasteiger charge is -2.48. The first kappa shape index (κ1) is 46.2. The van der Waals surface area contributed by atoms with Crippen molar-refractivity contribution >= 4 is 147 Å². The number of hydrogen-bond acceptors (Lipinski definition) is 4. The molecule has 0 saturated carbocycles. The molecule has 6 nitrogen and oxygen atoms in total. The zero-order chi connectivity index (χ0) is 94.2. The van der Waals surface area contributed by atoms with Crippen molar-refractivity contribution in [1.29, 1.82) is 0 Å². The molecule has 24 rings (SSSR count). The molecule has 530 valence electrons. The molecule has 0 fully saturated rings. The number of hydrogen-bond donors (Lipinski definition) is 0. The Balaban J connectivity index is 1.01. The van der Waals surface area contributed by atoms with Crippen LogP contribution in [0.2, 0.25) is 0 Å². The fraction of sp³-hybridized carbons (Fsp3) is 0.0769. The van der Waals surface area contributed by atoms with Crippen LogP contribution in [0.15, 0.2) is 333 Å². The molecule has 18 aromatic rings. The van der Waals surface area contributed by atoms with Gasteiger partial charge in [0.25, 0.3) is 20.1 Å². The number of benzene rings is 16. The Morgan fingerprint density at radius 1 is 0.283 bits per heavy atom. The third-order valence-electron chi connectivity index (χ3n) is 23.9. The number of ether oxygens (including phenoxy) is 2. The molecule has 0 saturated heterocycles. The van der Waals surface area contributed by atoms with Gasteiger partial charge in [-0.2, -0.15) is 0 Å². The molecular weight excluding hydrogens is 1370 g/mol. The molecule has 6 aliphatic rings. The van der Waals surface area contributed by atoms with Crippen LogP contribution in [-0.4, -0.2) is 29.3 Å². The Hall–Kier alpha value is -13.5. The van der Waals surface area contributed by atoms with E-state index in [0.717, 1.165) is 38.9 Å². The Bertz CT molecular complexity index is 7980. The molecule has 0 atom stereocenters. The van der Waals surface area contributed by atoms with E-state index < -0.39 is 175 Å². The van der Waals surface area contributed by atoms with Gasteiger partial charge in [-0.1, -0.05) is 326 Å². The van der Waals surface area contributed by atoms with Crippen molar-refractivity contribution in [2.75, 3.05) is 9.80 Å². The van der Waals surface area contributed by atoms with Gasteiger partial charge in [-0.25, -0.2) is 0 Å². The van der Waals surface area contributed by atoms with Crippen molar-refractivity contribution in [3.8, 4) is 90.0 Å². The quantitative estimate of drug-likeness (QED) is 0.149. The largest absolute Gasteiger partial charge is 0.459 e. The maximum Gasteiger partial charge on any atom is 0.261 e. The highest BCUT2D eigenvalue weighted by Crippen LogP contribution is 2.57. The molecule has 0 radical (unpaired) electrons. The molecular formula is C104H73B3N4O2. The zero-order valence-electron chi connectivity index (χ0n) is 83.9. The van der Waals surface area contributed by atoms with Gasteiger partial charge in [-0.15, -0.1) is 0 Å². The van der Waals surface area contributed by atoms with Gasteiger partial charge in [-0.3, -0.25) is 0 Å². The van der Waals surface area contributed by atoms with E-state index in [1.54, 1.807) is 9.13 Å². The van der Waals surface area contributed by atoms with Crippen molar-refractivity contribution in [3.63, 3.8) is 0 Å². The molecule has 0 unspecified atom stereocenters. The number of para-hydroxylation sites is 8. The molecule has 9 heteroatoms. The average molecular weight is 1470 g/mol. The second-order valence-corrected chi connectivity index (χ2v) is 32.0. The standard InChI is InChI=1S/C104H73B3N4O2/c1-103(2,3)68-55-66(56-69(59-68)104(4,5)6)67-57-84-92-85(58-67)111(98-72(64-35-15-9-16-36-64)43-28-44-73(98)65-37-17-10-18-38-65)89-61-87-94-102(113-91-54-26-22-48-79(91)106(94)81-50-30-46-77-75-40-20-24-52-83(75)109(87)100(77)81)96(89)107(92)95-88(110(84)97-70(62-31-11-7-12-32-62)41-27-42-71(97)63-33-13-8-14-34-63)60-86-93-101(95)112-90-53-25-21-47-78(90)105(93)80-49-29-45-76-74-39-19-23-51-82(74)108(86)99(76)80/h7-61H,1-6H3/i19D,20D,21D,22D,23D,24D,25D,26D,29D,30D,39D,40D,45D,46D,47D,48D,49D,50D,51D,52D,53D,54D. The minimum absolute atomic E-state index is 0.00959. The van der Waals surface area contributed by atoms with Crippen molar-refractivity contribution in [2.24, 2.45) is 0 Å². The Labute approximate surface area is 689 Å². The first-order valence-electron chi connectivity index (χ1n) is 49.0. The van der Waals surface area contributed by atoms with Gasteiger partial charge in [-0.05, 0) is 153 Å². The van der Waals surface area contributed by atoms with Crippen LogP contribution in [0, 0.1) is 0 Å². The van der Waals surface area contributed by atoms with E-state index in [1.807, 2.05) is 170 Å². The van der Waals surface area contributed by atoms with Gasteiger partial charge in [0.05, 0.1) is 52.6 Å². The SMILES string of the molecule is [2H]c1c([2H])c([2H])c2c(c1[2H])Oc1c3c(cc4c1B2c1c([2H])c([2H])c([2H])c2c5c([2H])c([2H])c([2H])c([2H])c5n-4c12)N(c1c(-c2ccccc2)cccc1-c1ccccc1)c1cc(-c2cc(C(C)(C)C)cc(C(C)(C)C)c2)cc2c1B3c1c(cc3c4c1Oc1c([2H])c([2H])c([2H])c([2H])c1B4c1c([2H])c([2H])c([2H])c4c5c([2H])c([2H])c([2H])c([2H])c5n-3c14)N2c1c(-c2ccccc2)cccc1-c1ccccc1. The topological polar surface area (TPSA) is 34.8 Å². The second kappa shape index (κ2) is 23.5. The molecule has 0 N–H and O–H groups in total. The molecule has 0 amide bonds.